The van der Waals surface area contributed by atoms with Crippen molar-refractivity contribution in [3.05, 3.63) is 0 Å². The average molecular weight is 300 g/mol. The largest absolute Gasteiger partial charge is 0.480 e. The predicted octanol–water partition coefficient (Wildman–Crippen LogP) is 3.39. The Kier molecular flexibility index (Phi) is 7.75. The van der Waals surface area contributed by atoms with Gasteiger partial charge in [0.25, 0.3) is 0 Å². The lowest BCUT2D eigenvalue weighted by molar-refractivity contribution is -0.141. The van der Waals surface area contributed by atoms with Crippen molar-refractivity contribution >= 4 is 12.0 Å². The van der Waals surface area contributed by atoms with Crippen LogP contribution in [0.4, 0.5) is 4.79 Å². The lowest BCUT2D eigenvalue weighted by Crippen LogP contribution is -2.53. The van der Waals surface area contributed by atoms with E-state index in [4.69, 9.17) is 0 Å². The number of carbonyl (C=O) groups excluding carboxylic acids is 1. The van der Waals surface area contributed by atoms with Crippen LogP contribution in [-0.2, 0) is 4.79 Å². The summed E-state index contributed by atoms with van der Waals surface area (Å²) in [6, 6.07) is -1.32. The number of nitrogens with one attached hydrogen (secondary N) is 2. The second kappa shape index (κ2) is 8.25. The van der Waals surface area contributed by atoms with Crippen LogP contribution in [0.15, 0.2) is 0 Å². The van der Waals surface area contributed by atoms with Gasteiger partial charge in [0, 0.05) is 6.54 Å². The van der Waals surface area contributed by atoms with Crippen molar-refractivity contribution in [1.82, 2.24) is 10.6 Å². The maximum atomic E-state index is 11.9. The first-order chi connectivity index (χ1) is 9.49. The highest BCUT2D eigenvalue weighted by Crippen LogP contribution is 2.23. The minimum atomic E-state index is -1.01. The molecule has 0 aliphatic rings. The van der Waals surface area contributed by atoms with Crippen LogP contribution in [0.1, 0.15) is 67.2 Å². The van der Waals surface area contributed by atoms with Gasteiger partial charge in [-0.15, -0.1) is 0 Å². The molecule has 0 saturated heterocycles. The fraction of sp³-hybridized carbons (Fsp3) is 0.875. The van der Waals surface area contributed by atoms with Crippen molar-refractivity contribution in [2.75, 3.05) is 6.54 Å². The molecule has 0 saturated carbocycles. The Morgan fingerprint density at radius 2 is 1.67 bits per heavy atom. The zero-order chi connectivity index (χ0) is 16.7. The molecule has 0 bridgehead atoms. The van der Waals surface area contributed by atoms with E-state index in [0.717, 1.165) is 12.8 Å². The molecule has 21 heavy (non-hydrogen) atoms. The van der Waals surface area contributed by atoms with Gasteiger partial charge >= 0.3 is 12.0 Å². The normalized spacial score (nSPS) is 13.6. The van der Waals surface area contributed by atoms with Crippen LogP contribution in [-0.4, -0.2) is 29.7 Å². The molecule has 5 heteroatoms. The molecule has 0 fully saturated rings. The van der Waals surface area contributed by atoms with Gasteiger partial charge < -0.3 is 15.7 Å². The second-order valence-electron chi connectivity index (χ2n) is 7.59. The lowest BCUT2D eigenvalue weighted by Gasteiger charge is -2.29. The van der Waals surface area contributed by atoms with Crippen molar-refractivity contribution in [2.45, 2.75) is 73.3 Å². The number of amides is 2. The molecule has 0 heterocycles. The van der Waals surface area contributed by atoms with Crippen LogP contribution in [0.2, 0.25) is 0 Å². The Morgan fingerprint density at radius 1 is 1.10 bits per heavy atom. The molecule has 0 aromatic rings. The average Bonchev–Trinajstić information content (AvgIpc) is 2.32. The number of unbranched alkanes of at least 4 members (excludes halogenated alkanes) is 2. The highest BCUT2D eigenvalue weighted by atomic mass is 16.4. The first-order valence-corrected chi connectivity index (χ1v) is 7.77. The number of hydrogen-bond donors (Lipinski definition) is 3. The second-order valence-corrected chi connectivity index (χ2v) is 7.59. The Hall–Kier alpha value is -1.26. The molecule has 124 valence electrons. The molecular weight excluding hydrogens is 268 g/mol. The highest BCUT2D eigenvalue weighted by Gasteiger charge is 2.32. The van der Waals surface area contributed by atoms with Gasteiger partial charge in [0.15, 0.2) is 0 Å². The molecule has 0 radical (unpaired) electrons. The molecule has 5 nitrogen and oxygen atoms in total. The summed E-state index contributed by atoms with van der Waals surface area (Å²) in [5, 5.41) is 14.5. The zero-order valence-corrected chi connectivity index (χ0v) is 14.4. The van der Waals surface area contributed by atoms with E-state index >= 15 is 0 Å². The van der Waals surface area contributed by atoms with E-state index in [2.05, 4.69) is 31.4 Å². The summed E-state index contributed by atoms with van der Waals surface area (Å²) in [7, 11) is 0. The summed E-state index contributed by atoms with van der Waals surface area (Å²) in [5.41, 5.74) is -0.507. The van der Waals surface area contributed by atoms with Crippen molar-refractivity contribution in [2.24, 2.45) is 10.8 Å². The summed E-state index contributed by atoms with van der Waals surface area (Å²) in [6.45, 7) is 12.3. The number of carbonyl (C=O) groups is 2. The van der Waals surface area contributed by atoms with E-state index in [0.29, 0.717) is 6.54 Å². The van der Waals surface area contributed by atoms with Crippen molar-refractivity contribution in [3.8, 4) is 0 Å². The molecule has 0 rings (SSSR count). The number of rotatable bonds is 8. The lowest BCUT2D eigenvalue weighted by atomic mass is 9.86. The van der Waals surface area contributed by atoms with Gasteiger partial charge in [0.05, 0.1) is 0 Å². The summed E-state index contributed by atoms with van der Waals surface area (Å²) >= 11 is 0. The van der Waals surface area contributed by atoms with Crippen LogP contribution in [0, 0.1) is 10.8 Å². The molecule has 0 aromatic heterocycles. The number of carboxylic acids is 1. The monoisotopic (exact) mass is 300 g/mol. The summed E-state index contributed by atoms with van der Waals surface area (Å²) in [6.07, 6.45) is 4.56. The van der Waals surface area contributed by atoms with Gasteiger partial charge in [-0.25, -0.2) is 9.59 Å². The number of carboxylic acid groups (broad SMARTS) is 1. The van der Waals surface area contributed by atoms with E-state index in [1.807, 2.05) is 0 Å². The van der Waals surface area contributed by atoms with Crippen LogP contribution in [0.25, 0.3) is 0 Å². The first-order valence-electron chi connectivity index (χ1n) is 7.77. The zero-order valence-electron chi connectivity index (χ0n) is 14.4. The first kappa shape index (κ1) is 19.7. The standard InChI is InChI=1S/C16H32N2O3/c1-7-8-9-10-16(5,6)11-17-14(21)18-12(13(19)20)15(2,3)4/h12H,7-11H2,1-6H3,(H,19,20)(H2,17,18,21). The Bertz CT molecular complexity index is 346. The van der Waals surface area contributed by atoms with Crippen LogP contribution < -0.4 is 10.6 Å². The molecular formula is C16H32N2O3. The quantitative estimate of drug-likeness (QED) is 0.601. The van der Waals surface area contributed by atoms with Gasteiger partial charge in [0.2, 0.25) is 0 Å². The fourth-order valence-electron chi connectivity index (χ4n) is 2.09. The predicted molar refractivity (Wildman–Crippen MR) is 85.3 cm³/mol. The molecule has 3 N–H and O–H groups in total. The molecule has 0 aromatic carbocycles. The van der Waals surface area contributed by atoms with Gasteiger partial charge in [-0.3, -0.25) is 0 Å². The molecule has 1 unspecified atom stereocenters. The minimum Gasteiger partial charge on any atom is -0.480 e. The third-order valence-electron chi connectivity index (χ3n) is 3.57. The molecule has 0 aliphatic heterocycles. The summed E-state index contributed by atoms with van der Waals surface area (Å²) < 4.78 is 0. The molecule has 0 aliphatic carbocycles. The SMILES string of the molecule is CCCCCC(C)(C)CNC(=O)NC(C(=O)O)C(C)(C)C. The minimum absolute atomic E-state index is 0.0208. The van der Waals surface area contributed by atoms with Gasteiger partial charge in [0.1, 0.15) is 6.04 Å². The third-order valence-corrected chi connectivity index (χ3v) is 3.57. The van der Waals surface area contributed by atoms with Crippen LogP contribution in [0.3, 0.4) is 0 Å². The van der Waals surface area contributed by atoms with Crippen molar-refractivity contribution < 1.29 is 14.7 Å². The Morgan fingerprint density at radius 3 is 2.10 bits per heavy atom. The molecule has 0 spiro atoms. The Labute approximate surface area is 128 Å². The number of urea groups is 1. The summed E-state index contributed by atoms with van der Waals surface area (Å²) in [5.74, 6) is -1.01. The van der Waals surface area contributed by atoms with Gasteiger partial charge in [-0.05, 0) is 17.3 Å². The fourth-order valence-corrected chi connectivity index (χ4v) is 2.09. The van der Waals surface area contributed by atoms with Crippen LogP contribution >= 0.6 is 0 Å². The highest BCUT2D eigenvalue weighted by molar-refractivity contribution is 5.83. The van der Waals surface area contributed by atoms with Crippen molar-refractivity contribution in [3.63, 3.8) is 0 Å². The molecule has 1 atom stereocenters. The van der Waals surface area contributed by atoms with Crippen LogP contribution in [0.5, 0.6) is 0 Å². The van der Waals surface area contributed by atoms with Gasteiger partial charge in [-0.2, -0.15) is 0 Å². The van der Waals surface area contributed by atoms with E-state index < -0.39 is 23.5 Å². The number of hydrogen-bond acceptors (Lipinski definition) is 2. The Balaban J connectivity index is 4.33. The van der Waals surface area contributed by atoms with E-state index in [-0.39, 0.29) is 5.41 Å². The smallest absolute Gasteiger partial charge is 0.326 e. The van der Waals surface area contributed by atoms with E-state index in [1.165, 1.54) is 12.8 Å². The summed E-state index contributed by atoms with van der Waals surface area (Å²) in [4.78, 5) is 23.1. The van der Waals surface area contributed by atoms with E-state index in [9.17, 15) is 14.7 Å². The van der Waals surface area contributed by atoms with E-state index in [1.54, 1.807) is 20.8 Å². The third kappa shape index (κ3) is 8.58. The topological polar surface area (TPSA) is 78.4 Å². The molecule has 2 amide bonds. The van der Waals surface area contributed by atoms with Gasteiger partial charge in [-0.1, -0.05) is 60.8 Å². The maximum Gasteiger partial charge on any atom is 0.326 e. The van der Waals surface area contributed by atoms with Crippen molar-refractivity contribution in [1.29, 1.82) is 0 Å². The maximum absolute atomic E-state index is 11.9. The number of aliphatic carboxylic acids is 1.